The zero-order valence-electron chi connectivity index (χ0n) is 14.0. The van der Waals surface area contributed by atoms with Crippen LogP contribution in [0.15, 0.2) is 42.5 Å². The van der Waals surface area contributed by atoms with Gasteiger partial charge in [-0.2, -0.15) is 5.26 Å². The molecule has 0 heterocycles. The summed E-state index contributed by atoms with van der Waals surface area (Å²) in [5.74, 6) is -0.181. The third kappa shape index (κ3) is 4.50. The number of carbonyl (C=O) groups excluding carboxylic acids is 1. The Hall–Kier alpha value is -2.51. The van der Waals surface area contributed by atoms with Crippen molar-refractivity contribution in [2.75, 3.05) is 17.2 Å². The van der Waals surface area contributed by atoms with Gasteiger partial charge in [0.15, 0.2) is 0 Å². The van der Waals surface area contributed by atoms with Gasteiger partial charge in [-0.1, -0.05) is 50.6 Å². The first-order chi connectivity index (χ1) is 11.3. The number of rotatable bonds is 4. The number of carbonyl (C=O) groups is 1. The van der Waals surface area contributed by atoms with Crippen LogP contribution < -0.4 is 10.6 Å². The molecule has 0 bridgehead atoms. The Kier molecular flexibility index (Phi) is 5.48. The molecule has 0 aliphatic carbocycles. The Morgan fingerprint density at radius 2 is 1.92 bits per heavy atom. The van der Waals surface area contributed by atoms with Crippen molar-refractivity contribution in [2.24, 2.45) is 0 Å². The highest BCUT2D eigenvalue weighted by atomic mass is 35.5. The van der Waals surface area contributed by atoms with Crippen molar-refractivity contribution in [3.05, 3.63) is 58.6 Å². The molecule has 0 spiro atoms. The van der Waals surface area contributed by atoms with Gasteiger partial charge >= 0.3 is 0 Å². The Bertz CT molecular complexity index is 788. The van der Waals surface area contributed by atoms with E-state index in [1.54, 1.807) is 18.2 Å². The maximum atomic E-state index is 12.1. The van der Waals surface area contributed by atoms with E-state index < -0.39 is 0 Å². The van der Waals surface area contributed by atoms with Crippen LogP contribution in [0.3, 0.4) is 0 Å². The number of anilines is 2. The molecule has 2 N–H and O–H groups in total. The molecule has 124 valence electrons. The van der Waals surface area contributed by atoms with Crippen LogP contribution in [-0.2, 0) is 10.2 Å². The predicted octanol–water partition coefficient (Wildman–Crippen LogP) is 4.56. The molecule has 0 saturated carbocycles. The lowest BCUT2D eigenvalue weighted by Crippen LogP contribution is -2.23. The van der Waals surface area contributed by atoms with Crippen LogP contribution in [0.4, 0.5) is 11.4 Å². The molecule has 5 heteroatoms. The number of amides is 1. The van der Waals surface area contributed by atoms with E-state index in [0.29, 0.717) is 16.3 Å². The average molecular weight is 342 g/mol. The summed E-state index contributed by atoms with van der Waals surface area (Å²) in [6.45, 7) is 6.54. The van der Waals surface area contributed by atoms with Gasteiger partial charge in [0.05, 0.1) is 17.1 Å². The van der Waals surface area contributed by atoms with E-state index in [0.717, 1.165) is 11.3 Å². The maximum Gasteiger partial charge on any atom is 0.243 e. The number of nitrogens with zero attached hydrogens (tertiary/aromatic N) is 1. The van der Waals surface area contributed by atoms with Crippen LogP contribution >= 0.6 is 11.6 Å². The molecule has 0 radical (unpaired) electrons. The number of para-hydroxylation sites is 1. The summed E-state index contributed by atoms with van der Waals surface area (Å²) in [5, 5.41) is 15.1. The first-order valence-corrected chi connectivity index (χ1v) is 8.02. The molecule has 0 unspecified atom stereocenters. The third-order valence-corrected chi connectivity index (χ3v) is 3.86. The second-order valence-electron chi connectivity index (χ2n) is 6.50. The summed E-state index contributed by atoms with van der Waals surface area (Å²) in [5.41, 5.74) is 3.03. The third-order valence-electron chi connectivity index (χ3n) is 3.55. The van der Waals surface area contributed by atoms with Crippen LogP contribution in [0.1, 0.15) is 31.9 Å². The molecule has 1 amide bonds. The van der Waals surface area contributed by atoms with Crippen LogP contribution in [0.25, 0.3) is 0 Å². The van der Waals surface area contributed by atoms with E-state index in [4.69, 9.17) is 16.9 Å². The monoisotopic (exact) mass is 341 g/mol. The summed E-state index contributed by atoms with van der Waals surface area (Å²) in [4.78, 5) is 12.1. The smallest absolute Gasteiger partial charge is 0.243 e. The fraction of sp³-hybridized carbons (Fsp3) is 0.263. The molecule has 0 aliphatic rings. The first kappa shape index (κ1) is 17.8. The van der Waals surface area contributed by atoms with E-state index >= 15 is 0 Å². The summed E-state index contributed by atoms with van der Waals surface area (Å²) < 4.78 is 0. The van der Waals surface area contributed by atoms with Crippen LogP contribution in [0.5, 0.6) is 0 Å². The molecule has 2 aromatic carbocycles. The largest absolute Gasteiger partial charge is 0.376 e. The number of hydrogen-bond donors (Lipinski definition) is 2. The fourth-order valence-electron chi connectivity index (χ4n) is 2.36. The van der Waals surface area contributed by atoms with Crippen molar-refractivity contribution in [1.29, 1.82) is 5.26 Å². The minimum absolute atomic E-state index is 0.0132. The minimum atomic E-state index is -0.181. The lowest BCUT2D eigenvalue weighted by atomic mass is 9.86. The highest BCUT2D eigenvalue weighted by molar-refractivity contribution is 6.32. The van der Waals surface area contributed by atoms with Gasteiger partial charge in [-0.05, 0) is 35.2 Å². The molecule has 0 fully saturated rings. The van der Waals surface area contributed by atoms with Gasteiger partial charge in [0.25, 0.3) is 0 Å². The topological polar surface area (TPSA) is 64.9 Å². The highest BCUT2D eigenvalue weighted by Gasteiger charge is 2.17. The molecule has 24 heavy (non-hydrogen) atoms. The molecule has 4 nitrogen and oxygen atoms in total. The Morgan fingerprint density at radius 3 is 2.54 bits per heavy atom. The maximum absolute atomic E-state index is 12.1. The number of benzene rings is 2. The number of halogens is 1. The van der Waals surface area contributed by atoms with E-state index in [-0.39, 0.29) is 17.9 Å². The van der Waals surface area contributed by atoms with Crippen LogP contribution in [0, 0.1) is 11.3 Å². The predicted molar refractivity (Wildman–Crippen MR) is 98.4 cm³/mol. The van der Waals surface area contributed by atoms with Gasteiger partial charge in [0.2, 0.25) is 5.91 Å². The highest BCUT2D eigenvalue weighted by Crippen LogP contribution is 2.29. The second-order valence-corrected chi connectivity index (χ2v) is 6.91. The number of nitrogens with one attached hydrogen (secondary N) is 2. The van der Waals surface area contributed by atoms with Crippen molar-refractivity contribution in [3.8, 4) is 6.07 Å². The van der Waals surface area contributed by atoms with Gasteiger partial charge < -0.3 is 10.6 Å². The molecular formula is C19H20ClN3O. The molecule has 2 rings (SSSR count). The molecule has 0 saturated heterocycles. The molecule has 0 aromatic heterocycles. The Morgan fingerprint density at radius 1 is 1.21 bits per heavy atom. The van der Waals surface area contributed by atoms with Crippen molar-refractivity contribution in [1.82, 2.24) is 0 Å². The summed E-state index contributed by atoms with van der Waals surface area (Å²) in [7, 11) is 0. The molecule has 2 aromatic rings. The first-order valence-electron chi connectivity index (χ1n) is 7.64. The van der Waals surface area contributed by atoms with Gasteiger partial charge in [0.1, 0.15) is 6.07 Å². The normalized spacial score (nSPS) is 10.8. The van der Waals surface area contributed by atoms with Gasteiger partial charge in [-0.25, -0.2) is 0 Å². The lowest BCUT2D eigenvalue weighted by molar-refractivity contribution is -0.114. The van der Waals surface area contributed by atoms with Crippen molar-refractivity contribution < 1.29 is 4.79 Å². The summed E-state index contributed by atoms with van der Waals surface area (Å²) in [6, 6.07) is 14.7. The molecule has 0 aliphatic heterocycles. The standard InChI is InChI=1S/C19H20ClN3O/c1-19(2,3)15-6-4-5-7-17(15)22-12-18(24)23-14-9-8-13(11-21)16(20)10-14/h4-10,22H,12H2,1-3H3,(H,23,24). The van der Waals surface area contributed by atoms with Gasteiger partial charge in [-0.15, -0.1) is 0 Å². The zero-order valence-corrected chi connectivity index (χ0v) is 14.7. The zero-order chi connectivity index (χ0) is 17.7. The van der Waals surface area contributed by atoms with Crippen molar-refractivity contribution in [2.45, 2.75) is 26.2 Å². The van der Waals surface area contributed by atoms with Gasteiger partial charge in [-0.3, -0.25) is 4.79 Å². The van der Waals surface area contributed by atoms with Gasteiger partial charge in [0, 0.05) is 11.4 Å². The number of hydrogen-bond acceptors (Lipinski definition) is 3. The van der Waals surface area contributed by atoms with E-state index in [1.165, 1.54) is 0 Å². The lowest BCUT2D eigenvalue weighted by Gasteiger charge is -2.23. The molecule has 0 atom stereocenters. The van der Waals surface area contributed by atoms with Crippen LogP contribution in [0.2, 0.25) is 5.02 Å². The van der Waals surface area contributed by atoms with E-state index in [9.17, 15) is 4.79 Å². The summed E-state index contributed by atoms with van der Waals surface area (Å²) in [6.07, 6.45) is 0. The average Bonchev–Trinajstić information content (AvgIpc) is 2.52. The Labute approximate surface area is 147 Å². The van der Waals surface area contributed by atoms with Crippen molar-refractivity contribution >= 4 is 28.9 Å². The van der Waals surface area contributed by atoms with E-state index in [2.05, 4.69) is 37.5 Å². The van der Waals surface area contributed by atoms with Crippen LogP contribution in [-0.4, -0.2) is 12.5 Å². The minimum Gasteiger partial charge on any atom is -0.376 e. The Balaban J connectivity index is 2.02. The SMILES string of the molecule is CC(C)(C)c1ccccc1NCC(=O)Nc1ccc(C#N)c(Cl)c1. The van der Waals surface area contributed by atoms with E-state index in [1.807, 2.05) is 24.3 Å². The molecular weight excluding hydrogens is 322 g/mol. The fourth-order valence-corrected chi connectivity index (χ4v) is 2.58. The second kappa shape index (κ2) is 7.37. The quantitative estimate of drug-likeness (QED) is 0.856. The van der Waals surface area contributed by atoms with Crippen molar-refractivity contribution in [3.63, 3.8) is 0 Å². The number of nitriles is 1. The summed E-state index contributed by atoms with van der Waals surface area (Å²) >= 11 is 5.97.